The van der Waals surface area contributed by atoms with E-state index in [9.17, 15) is 9.59 Å². The van der Waals surface area contributed by atoms with Crippen LogP contribution >= 0.6 is 22.9 Å². The zero-order chi connectivity index (χ0) is 104. The number of amides is 2. The van der Waals surface area contributed by atoms with Crippen molar-refractivity contribution in [3.63, 3.8) is 0 Å². The summed E-state index contributed by atoms with van der Waals surface area (Å²) in [6.45, 7) is 10.1. The predicted molar refractivity (Wildman–Crippen MR) is 959 cm³/mol. The molecule has 2 amide bonds. The van der Waals surface area contributed by atoms with Gasteiger partial charge in [0.1, 0.15) is 0 Å². The number of likely N-dealkylation sites (tertiary alicyclic amines) is 1. The van der Waals surface area contributed by atoms with E-state index in [4.69, 9.17) is 34.0 Å². The van der Waals surface area contributed by atoms with Crippen molar-refractivity contribution in [1.82, 2.24) is 14.7 Å². The average molecular weight is 4050 g/mol. The number of hydrogen-bond acceptors (Lipinski definition) is 6. The number of nitrogens with zero attached hydrogens (tertiary/aromatic N) is 3. The van der Waals surface area contributed by atoms with E-state index in [2.05, 4.69) is 66.1 Å². The lowest BCUT2D eigenvalue weighted by atomic mass is 9.91. The topological polar surface area (TPSA) is 43.9 Å². The third-order valence-electron chi connectivity index (χ3n) is 11.3. The summed E-state index contributed by atoms with van der Waals surface area (Å²) >= 11 is 17.8. The van der Waals surface area contributed by atoms with Gasteiger partial charge < -0.3 is 9.80 Å². The SMILES string of the molecule is CC(=O)N1CCC(CC(=O)N2CCN(C(c3ccc(Cl)cc3)c3cc4ccccc4s3)C[C@@H]2C(C)C)CC1.S=S=S=S=S=S=S=S=S=S=S=S=S=S=S=S=S=S=S=S=S=S=S=S=S=S=S=S=S=S=S=S=S=S=S=S=S=S=S=S=S=S=S=S=S=S=S=S=S=S=S=S=S=S=S=S=S=S=S=S=S=S=S=S=S=S=S=S=S=S=S=S=S=S=S=S=S=S=S=S=S=S=S=S=S=S=S=S=S=S=S=S=S=S=S=S=S=S=S=S=S=S=S=S=S=S=S=S=S. The third-order valence-corrected chi connectivity index (χ3v) is 248. The molecule has 0 bridgehead atoms. The fourth-order valence-electron chi connectivity index (χ4n) is 7.29. The maximum absolute atomic E-state index is 13.6. The second-order valence-electron chi connectivity index (χ2n) is 18.5. The highest BCUT2D eigenvalue weighted by atomic mass is 35.5. The van der Waals surface area contributed by atoms with Gasteiger partial charge in [-0.1, -0.05) is 55.8 Å². The number of piperidine rings is 1. The van der Waals surface area contributed by atoms with Crippen molar-refractivity contribution < 1.29 is 9.59 Å². The molecule has 116 heteroatoms. The molecule has 0 saturated carbocycles. The summed E-state index contributed by atoms with van der Waals surface area (Å²) < 4.78 is 1.30. The normalized spacial score (nSPS) is 11.1. The molecule has 2 fully saturated rings. The van der Waals surface area contributed by atoms with Crippen molar-refractivity contribution in [3.05, 3.63) is 70.1 Å². The highest BCUT2D eigenvalue weighted by molar-refractivity contribution is 8.88. The lowest BCUT2D eigenvalue weighted by molar-refractivity contribution is -0.139. The molecule has 5 nitrogen and oxygen atoms in total. The molecule has 2 atom stereocenters. The van der Waals surface area contributed by atoms with Gasteiger partial charge in [-0.2, -0.15) is 0 Å². The Bertz CT molecular complexity index is 10400. The molecule has 0 spiro atoms. The van der Waals surface area contributed by atoms with Crippen molar-refractivity contribution in [3.8, 4) is 0 Å². The predicted octanol–water partition coefficient (Wildman–Crippen LogP) is 6.20. The van der Waals surface area contributed by atoms with Gasteiger partial charge in [0.2, 0.25) is 11.8 Å². The second-order valence-corrected chi connectivity index (χ2v) is 209. The van der Waals surface area contributed by atoms with Crippen molar-refractivity contribution in [2.45, 2.75) is 52.1 Å². The number of rotatable bonds is 6. The lowest BCUT2D eigenvalue weighted by Crippen LogP contribution is -2.58. The van der Waals surface area contributed by atoms with E-state index in [0.717, 1.165) is 50.6 Å². The number of benzene rings is 2. The summed E-state index contributed by atoms with van der Waals surface area (Å²) in [5.41, 5.74) is 1.24. The molecular weight excluding hydrogens is 4010 g/mol. The fraction of sp³-hybridized carbons (Fsp3) is 0.484. The van der Waals surface area contributed by atoms with Gasteiger partial charge in [0.05, 0.1) is 6.04 Å². The van der Waals surface area contributed by atoms with Gasteiger partial charge in [0, 0.05) is 1040 Å². The third kappa shape index (κ3) is 107. The quantitative estimate of drug-likeness (QED) is 0.295. The molecule has 3 heterocycles. The summed E-state index contributed by atoms with van der Waals surface area (Å²) in [7, 11) is 194. The maximum Gasteiger partial charge on any atom is 0.223 e. The monoisotopic (exact) mass is 4040 g/mol. The largest absolute Gasteiger partial charge is 0.343 e. The minimum absolute atomic E-state index is 0.124. The molecule has 0 N–H and O–H groups in total. The minimum Gasteiger partial charge on any atom is -0.343 e. The van der Waals surface area contributed by atoms with Gasteiger partial charge in [0.15, 0.2) is 0 Å². The van der Waals surface area contributed by atoms with E-state index < -0.39 is 0 Å². The van der Waals surface area contributed by atoms with Gasteiger partial charge in [-0.25, -0.2) is 0 Å². The number of carbonyl (C=O) groups is 2. The molecule has 0 aliphatic carbocycles. The summed E-state index contributed by atoms with van der Waals surface area (Å²) in [4.78, 5) is 33.2. The Balaban J connectivity index is 0.000000968. The number of hydrogen-bond donors (Lipinski definition) is 0. The standard InChI is InChI=1S/C31H38ClN3O2S.S109/c1-21(2)27-20-34(16-17-35(27)30(37)18-23-12-14-33(15-13-23)22(3)36)31(24-8-10-26(32)11-9-24)29-19-25-6-4-5-7-28(25)38-29;1-3-5-7-9-11-13-15-17-19-21-23-25-27-29-31-33-35-37-39-41-43-45-47-49-51-53-55-57-59-61-63-65-67-69-71-73-75-77-79-81-83-85-87-89-91-93-95-97-99-101-103-105-107-109-108-106-104-102-100-98-96-94-92-90-88-86-84-82-80-78-76-74-72-70-68-66-64-62-60-58-56-54-52-50-48-46-44-42-40-38-36-34-32-30-28-26-24-22-20-18-16-14-12-10-8-6-4-2/h4-11,19,21,23,27,31H,12-18,20H2,1-3H3;/t27-,31?;/m1./s1. The van der Waals surface area contributed by atoms with Crippen LogP contribution in [0, 0.1) is 11.8 Å². The fourth-order valence-corrected chi connectivity index (χ4v) is 297. The Morgan fingerprint density at radius 1 is 0.293 bits per heavy atom. The van der Waals surface area contributed by atoms with Crippen LogP contribution in [-0.4, -0.2) is 65.3 Å². The molecule has 5 rings (SSSR count). The van der Waals surface area contributed by atoms with Crippen molar-refractivity contribution in [2.24, 2.45) is 11.8 Å². The molecule has 2 aliphatic rings. The number of fused-ring (bicyclic) bond motifs is 1. The van der Waals surface area contributed by atoms with Crippen molar-refractivity contribution in [2.75, 3.05) is 32.7 Å². The van der Waals surface area contributed by atoms with Crippen LogP contribution in [0.4, 0.5) is 0 Å². The Kier molecular flexibility index (Phi) is 143. The molecule has 2 saturated heterocycles. The van der Waals surface area contributed by atoms with Gasteiger partial charge >= 0.3 is 0 Å². The molecule has 2 aliphatic heterocycles. The van der Waals surface area contributed by atoms with E-state index in [1.165, 1.54) is 38.3 Å². The highest BCUT2D eigenvalue weighted by Gasteiger charge is 2.37. The van der Waals surface area contributed by atoms with E-state index in [-0.39, 0.29) is 23.9 Å². The second kappa shape index (κ2) is 131. The maximum atomic E-state index is 13.6. The van der Waals surface area contributed by atoms with E-state index in [1.54, 1.807) is 113 Å². The summed E-state index contributed by atoms with van der Waals surface area (Å²) in [6, 6.07) is 19.4. The smallest absolute Gasteiger partial charge is 0.223 e. The Morgan fingerprint density at radius 2 is 0.497 bits per heavy atom. The van der Waals surface area contributed by atoms with Gasteiger partial charge in [-0.05, 0) is 59.9 Å². The molecule has 1 unspecified atom stereocenters. The summed E-state index contributed by atoms with van der Waals surface area (Å²) in [5, 5.41) is 2.02. The minimum atomic E-state index is 0.124. The van der Waals surface area contributed by atoms with Crippen LogP contribution in [0.2, 0.25) is 5.02 Å². The molecule has 2 aromatic carbocycles. The van der Waals surface area contributed by atoms with Gasteiger partial charge in [-0.15, -0.1) is 11.3 Å². The Hall–Kier alpha value is 21.6. The molecular formula is C31H38ClN3O2S110. The van der Waals surface area contributed by atoms with E-state index >= 15 is 0 Å². The number of halogens is 1. The van der Waals surface area contributed by atoms with E-state index in [1.807, 2.05) is 854 Å². The van der Waals surface area contributed by atoms with Crippen LogP contribution in [0.1, 0.15) is 56.5 Å². The first kappa shape index (κ1) is 161. The van der Waals surface area contributed by atoms with Gasteiger partial charge in [-0.3, -0.25) is 14.5 Å². The van der Waals surface area contributed by atoms with Crippen LogP contribution in [-0.2, 0) is 982 Å². The Labute approximate surface area is 1170 Å². The van der Waals surface area contributed by atoms with Crippen LogP contribution in [0.3, 0.4) is 0 Å². The van der Waals surface area contributed by atoms with E-state index in [0.29, 0.717) is 18.3 Å². The van der Waals surface area contributed by atoms with Crippen molar-refractivity contribution in [1.29, 1.82) is 0 Å². The molecule has 856 valence electrons. The van der Waals surface area contributed by atoms with Crippen LogP contribution in [0.25, 0.3) is 10.1 Å². The van der Waals surface area contributed by atoms with Crippen LogP contribution in [0.15, 0.2) is 54.6 Å². The first-order valence-corrected chi connectivity index (χ1v) is 177. The zero-order valence-electron chi connectivity index (χ0n) is 67.1. The number of piperazine rings is 1. The van der Waals surface area contributed by atoms with Crippen molar-refractivity contribution >= 4 is 1020 Å². The first-order valence-electron chi connectivity index (χ1n) is 31.8. The van der Waals surface area contributed by atoms with Gasteiger partial charge in [0.25, 0.3) is 0 Å². The number of carbonyl (C=O) groups excluding carboxylic acids is 2. The van der Waals surface area contributed by atoms with Crippen LogP contribution < -0.4 is 0 Å². The first-order chi connectivity index (χ1) is 72.7. The molecule has 0 radical (unpaired) electrons. The molecule has 147 heavy (non-hydrogen) atoms. The molecule has 3 aromatic rings. The Morgan fingerprint density at radius 3 is 0.687 bits per heavy atom. The molecule has 1 aromatic heterocycles. The summed E-state index contributed by atoms with van der Waals surface area (Å²) in [5.74, 6) is 1.13. The highest BCUT2D eigenvalue weighted by Crippen LogP contribution is 2.39. The van der Waals surface area contributed by atoms with Crippen LogP contribution in [0.5, 0.6) is 0 Å². The summed E-state index contributed by atoms with van der Waals surface area (Å²) in [6.07, 6.45) is 2.43. The zero-order valence-corrected chi connectivity index (χ0v) is 158. The lowest BCUT2D eigenvalue weighted by Gasteiger charge is -2.46. The average Bonchev–Trinajstić information content (AvgIpc) is 1.70. The number of thiophene rings is 1.